The number of hydrogen-bond acceptors (Lipinski definition) is 2. The zero-order chi connectivity index (χ0) is 10.1. The molecular weight excluding hydrogens is 223 g/mol. The fourth-order valence-electron chi connectivity index (χ4n) is 1.21. The number of aromatic nitrogens is 2. The van der Waals surface area contributed by atoms with Gasteiger partial charge in [-0.15, -0.1) is 0 Å². The SMILES string of the molecule is O=c1[nH]c(C(Cl)Cl)nc2ccccc12. The van der Waals surface area contributed by atoms with Crippen molar-refractivity contribution in [3.8, 4) is 0 Å². The highest BCUT2D eigenvalue weighted by Gasteiger charge is 2.08. The normalized spacial score (nSPS) is 11.1. The third-order valence-corrected chi connectivity index (χ3v) is 2.25. The van der Waals surface area contributed by atoms with Gasteiger partial charge in [0.25, 0.3) is 5.56 Å². The van der Waals surface area contributed by atoms with Crippen LogP contribution in [0.4, 0.5) is 0 Å². The molecule has 0 spiro atoms. The third kappa shape index (κ3) is 1.61. The molecule has 1 N–H and O–H groups in total. The number of nitrogens with one attached hydrogen (secondary N) is 1. The van der Waals surface area contributed by atoms with Gasteiger partial charge in [-0.1, -0.05) is 35.3 Å². The Morgan fingerprint density at radius 1 is 1.29 bits per heavy atom. The first-order valence-corrected chi connectivity index (χ1v) is 4.83. The molecule has 0 radical (unpaired) electrons. The molecule has 1 aromatic carbocycles. The smallest absolute Gasteiger partial charge is 0.258 e. The van der Waals surface area contributed by atoms with E-state index in [9.17, 15) is 4.79 Å². The second kappa shape index (κ2) is 3.59. The molecule has 0 atom stereocenters. The summed E-state index contributed by atoms with van der Waals surface area (Å²) in [4.78, 5) is 17.3. The van der Waals surface area contributed by atoms with Crippen molar-refractivity contribution in [2.75, 3.05) is 0 Å². The van der Waals surface area contributed by atoms with Crippen LogP contribution in [0.5, 0.6) is 0 Å². The van der Waals surface area contributed by atoms with E-state index in [4.69, 9.17) is 23.2 Å². The summed E-state index contributed by atoms with van der Waals surface area (Å²) in [6.07, 6.45) is 0. The van der Waals surface area contributed by atoms with E-state index in [0.717, 1.165) is 0 Å². The van der Waals surface area contributed by atoms with E-state index in [1.165, 1.54) is 0 Å². The maximum absolute atomic E-state index is 11.5. The number of rotatable bonds is 1. The number of alkyl halides is 2. The molecule has 0 aliphatic rings. The second-order valence-corrected chi connectivity index (χ2v) is 3.87. The van der Waals surface area contributed by atoms with Crippen molar-refractivity contribution in [3.63, 3.8) is 0 Å². The van der Waals surface area contributed by atoms with Crippen molar-refractivity contribution < 1.29 is 0 Å². The van der Waals surface area contributed by atoms with Crippen LogP contribution < -0.4 is 5.56 Å². The zero-order valence-electron chi connectivity index (χ0n) is 7.00. The molecule has 0 amide bonds. The molecule has 0 fully saturated rings. The first-order valence-electron chi connectivity index (χ1n) is 3.95. The molecule has 0 aliphatic heterocycles. The van der Waals surface area contributed by atoms with Crippen LogP contribution in [0.15, 0.2) is 29.1 Å². The van der Waals surface area contributed by atoms with Crippen LogP contribution >= 0.6 is 23.2 Å². The Labute approximate surface area is 89.7 Å². The Balaban J connectivity index is 2.79. The van der Waals surface area contributed by atoms with E-state index >= 15 is 0 Å². The summed E-state index contributed by atoms with van der Waals surface area (Å²) in [5, 5.41) is 0.533. The van der Waals surface area contributed by atoms with Gasteiger partial charge in [-0.25, -0.2) is 4.98 Å². The molecular formula is C9H6Cl2N2O. The number of aromatic amines is 1. The van der Waals surface area contributed by atoms with Crippen LogP contribution in [-0.4, -0.2) is 9.97 Å². The summed E-state index contributed by atoms with van der Waals surface area (Å²) in [5.41, 5.74) is 0.370. The number of nitrogens with zero attached hydrogens (tertiary/aromatic N) is 1. The molecule has 1 heterocycles. The molecule has 0 saturated heterocycles. The fourth-order valence-corrected chi connectivity index (χ4v) is 1.41. The Morgan fingerprint density at radius 3 is 2.71 bits per heavy atom. The van der Waals surface area contributed by atoms with Gasteiger partial charge in [0.05, 0.1) is 10.9 Å². The van der Waals surface area contributed by atoms with Crippen molar-refractivity contribution in [3.05, 3.63) is 40.4 Å². The maximum Gasteiger partial charge on any atom is 0.258 e. The lowest BCUT2D eigenvalue weighted by Gasteiger charge is -2.01. The molecule has 72 valence electrons. The molecule has 3 nitrogen and oxygen atoms in total. The van der Waals surface area contributed by atoms with Gasteiger partial charge >= 0.3 is 0 Å². The average molecular weight is 229 g/mol. The van der Waals surface area contributed by atoms with Gasteiger partial charge in [0.2, 0.25) is 0 Å². The van der Waals surface area contributed by atoms with Crippen LogP contribution in [-0.2, 0) is 0 Å². The lowest BCUT2D eigenvalue weighted by molar-refractivity contribution is 1.02. The lowest BCUT2D eigenvalue weighted by Crippen LogP contribution is -2.11. The fraction of sp³-hybridized carbons (Fsp3) is 0.111. The monoisotopic (exact) mass is 228 g/mol. The van der Waals surface area contributed by atoms with Crippen molar-refractivity contribution in [2.24, 2.45) is 0 Å². The predicted octanol–water partition coefficient (Wildman–Crippen LogP) is 2.40. The summed E-state index contributed by atoms with van der Waals surface area (Å²) >= 11 is 11.2. The number of hydrogen-bond donors (Lipinski definition) is 1. The van der Waals surface area contributed by atoms with Gasteiger partial charge in [-0.05, 0) is 12.1 Å². The Kier molecular flexibility index (Phi) is 2.44. The zero-order valence-corrected chi connectivity index (χ0v) is 8.51. The van der Waals surface area contributed by atoms with Gasteiger partial charge in [0.1, 0.15) is 5.82 Å². The predicted molar refractivity (Wildman–Crippen MR) is 56.8 cm³/mol. The van der Waals surface area contributed by atoms with E-state index < -0.39 is 4.84 Å². The van der Waals surface area contributed by atoms with Gasteiger partial charge in [-0.3, -0.25) is 4.79 Å². The largest absolute Gasteiger partial charge is 0.308 e. The topological polar surface area (TPSA) is 45.8 Å². The minimum atomic E-state index is -0.813. The minimum absolute atomic E-state index is 0.225. The van der Waals surface area contributed by atoms with E-state index in [1.54, 1.807) is 24.3 Å². The second-order valence-electron chi connectivity index (χ2n) is 2.77. The third-order valence-electron chi connectivity index (χ3n) is 1.84. The molecule has 0 aliphatic carbocycles. The van der Waals surface area contributed by atoms with Gasteiger partial charge in [0.15, 0.2) is 4.84 Å². The van der Waals surface area contributed by atoms with Crippen LogP contribution in [0.2, 0.25) is 0 Å². The van der Waals surface area contributed by atoms with Crippen LogP contribution in [0, 0.1) is 0 Å². The average Bonchev–Trinajstić information content (AvgIpc) is 2.17. The molecule has 0 saturated carbocycles. The van der Waals surface area contributed by atoms with Crippen molar-refractivity contribution in [1.29, 1.82) is 0 Å². The van der Waals surface area contributed by atoms with Crippen molar-refractivity contribution in [1.82, 2.24) is 9.97 Å². The van der Waals surface area contributed by atoms with E-state index in [0.29, 0.717) is 10.9 Å². The first-order chi connectivity index (χ1) is 6.68. The van der Waals surface area contributed by atoms with Crippen LogP contribution in [0.25, 0.3) is 10.9 Å². The molecule has 14 heavy (non-hydrogen) atoms. The molecule has 5 heteroatoms. The highest BCUT2D eigenvalue weighted by Crippen LogP contribution is 2.20. The quantitative estimate of drug-likeness (QED) is 0.763. The van der Waals surface area contributed by atoms with E-state index in [-0.39, 0.29) is 11.4 Å². The van der Waals surface area contributed by atoms with Crippen molar-refractivity contribution >= 4 is 34.1 Å². The van der Waals surface area contributed by atoms with Gasteiger partial charge < -0.3 is 4.98 Å². The summed E-state index contributed by atoms with van der Waals surface area (Å²) in [6.45, 7) is 0. The van der Waals surface area contributed by atoms with Gasteiger partial charge in [-0.2, -0.15) is 0 Å². The Bertz CT molecular complexity index is 521. The molecule has 0 unspecified atom stereocenters. The standard InChI is InChI=1S/C9H6Cl2N2O/c10-7(11)8-12-6-4-2-1-3-5(6)9(14)13-8/h1-4,7H,(H,12,13,14). The number of H-pyrrole nitrogens is 1. The number of fused-ring (bicyclic) bond motifs is 1. The number of halogens is 2. The first kappa shape index (κ1) is 9.49. The number of benzene rings is 1. The van der Waals surface area contributed by atoms with E-state index in [2.05, 4.69) is 9.97 Å². The molecule has 0 bridgehead atoms. The van der Waals surface area contributed by atoms with Crippen LogP contribution in [0.3, 0.4) is 0 Å². The number of para-hydroxylation sites is 1. The Hall–Kier alpha value is -1.06. The van der Waals surface area contributed by atoms with Crippen molar-refractivity contribution in [2.45, 2.75) is 4.84 Å². The summed E-state index contributed by atoms with van der Waals surface area (Å²) in [6, 6.07) is 7.01. The summed E-state index contributed by atoms with van der Waals surface area (Å²) in [7, 11) is 0. The van der Waals surface area contributed by atoms with E-state index in [1.807, 2.05) is 0 Å². The van der Waals surface area contributed by atoms with Gasteiger partial charge in [0, 0.05) is 0 Å². The summed E-state index contributed by atoms with van der Waals surface area (Å²) < 4.78 is 0. The molecule has 2 rings (SSSR count). The minimum Gasteiger partial charge on any atom is -0.308 e. The highest BCUT2D eigenvalue weighted by molar-refractivity contribution is 6.43. The molecule has 2 aromatic rings. The molecule has 1 aromatic heterocycles. The lowest BCUT2D eigenvalue weighted by atomic mass is 10.2. The van der Waals surface area contributed by atoms with Crippen LogP contribution in [0.1, 0.15) is 10.7 Å². The Morgan fingerprint density at radius 2 is 2.00 bits per heavy atom. The summed E-state index contributed by atoms with van der Waals surface area (Å²) in [5.74, 6) is 0.275. The maximum atomic E-state index is 11.5. The highest BCUT2D eigenvalue weighted by atomic mass is 35.5.